The van der Waals surface area contributed by atoms with Crippen LogP contribution in [0.5, 0.6) is 0 Å². The summed E-state index contributed by atoms with van der Waals surface area (Å²) in [6.45, 7) is 0. The molecule has 4 rings (SSSR count). The first-order valence-corrected chi connectivity index (χ1v) is 6.93. The lowest BCUT2D eigenvalue weighted by Crippen LogP contribution is -1.99. The van der Waals surface area contributed by atoms with Crippen molar-refractivity contribution in [2.75, 3.05) is 5.73 Å². The van der Waals surface area contributed by atoms with Crippen molar-refractivity contribution < 1.29 is 0 Å². The highest BCUT2D eigenvalue weighted by Gasteiger charge is 2.10. The second kappa shape index (κ2) is 4.96. The maximum atomic E-state index is 6.13. The lowest BCUT2D eigenvalue weighted by molar-refractivity contribution is 0.979. The van der Waals surface area contributed by atoms with E-state index in [-0.39, 0.29) is 0 Å². The molecule has 0 radical (unpaired) electrons. The van der Waals surface area contributed by atoms with Crippen LogP contribution in [-0.2, 0) is 0 Å². The molecule has 0 aliphatic carbocycles. The minimum Gasteiger partial charge on any atom is -0.384 e. The SMILES string of the molecule is Nc1cc(-c2ccncc2)cc2nc(-c3ccccc3)nn12. The normalized spacial score (nSPS) is 10.9. The number of pyridine rings is 2. The fourth-order valence-corrected chi connectivity index (χ4v) is 2.43. The molecule has 106 valence electrons. The zero-order valence-electron chi connectivity index (χ0n) is 11.7. The van der Waals surface area contributed by atoms with E-state index in [1.807, 2.05) is 54.6 Å². The predicted octanol–water partition coefficient (Wildman–Crippen LogP) is 3.04. The molecule has 0 bridgehead atoms. The first-order valence-electron chi connectivity index (χ1n) is 6.93. The van der Waals surface area contributed by atoms with E-state index < -0.39 is 0 Å². The van der Waals surface area contributed by atoms with Crippen molar-refractivity contribution in [3.05, 3.63) is 67.0 Å². The molecule has 0 atom stereocenters. The first-order chi connectivity index (χ1) is 10.8. The Morgan fingerprint density at radius 2 is 1.59 bits per heavy atom. The summed E-state index contributed by atoms with van der Waals surface area (Å²) in [5.41, 5.74) is 9.88. The second-order valence-corrected chi connectivity index (χ2v) is 4.98. The number of hydrogen-bond donors (Lipinski definition) is 1. The summed E-state index contributed by atoms with van der Waals surface area (Å²) in [6.07, 6.45) is 3.52. The average molecular weight is 287 g/mol. The lowest BCUT2D eigenvalue weighted by Gasteiger charge is -2.03. The van der Waals surface area contributed by atoms with E-state index in [4.69, 9.17) is 5.73 Å². The maximum absolute atomic E-state index is 6.13. The predicted molar refractivity (Wildman–Crippen MR) is 86.1 cm³/mol. The van der Waals surface area contributed by atoms with Gasteiger partial charge in [0.1, 0.15) is 5.82 Å². The Labute approximate surface area is 127 Å². The Morgan fingerprint density at radius 1 is 0.818 bits per heavy atom. The number of benzene rings is 1. The van der Waals surface area contributed by atoms with Crippen molar-refractivity contribution in [1.29, 1.82) is 0 Å². The Hall–Kier alpha value is -3.21. The van der Waals surface area contributed by atoms with E-state index >= 15 is 0 Å². The van der Waals surface area contributed by atoms with Crippen LogP contribution in [0.2, 0.25) is 0 Å². The van der Waals surface area contributed by atoms with Crippen molar-refractivity contribution >= 4 is 11.5 Å². The third kappa shape index (κ3) is 2.09. The molecule has 0 fully saturated rings. The summed E-state index contributed by atoms with van der Waals surface area (Å²) in [6, 6.07) is 17.6. The van der Waals surface area contributed by atoms with Crippen LogP contribution >= 0.6 is 0 Å². The van der Waals surface area contributed by atoms with Gasteiger partial charge >= 0.3 is 0 Å². The highest BCUT2D eigenvalue weighted by Crippen LogP contribution is 2.24. The molecule has 5 heteroatoms. The van der Waals surface area contributed by atoms with E-state index in [1.165, 1.54) is 0 Å². The number of nitrogen functional groups attached to an aromatic ring is 1. The third-order valence-electron chi connectivity index (χ3n) is 3.51. The van der Waals surface area contributed by atoms with Crippen LogP contribution in [0.1, 0.15) is 0 Å². The summed E-state index contributed by atoms with van der Waals surface area (Å²) in [4.78, 5) is 8.62. The molecule has 4 aromatic rings. The fourth-order valence-electron chi connectivity index (χ4n) is 2.43. The van der Waals surface area contributed by atoms with Gasteiger partial charge < -0.3 is 5.73 Å². The molecule has 0 saturated carbocycles. The molecule has 2 N–H and O–H groups in total. The van der Waals surface area contributed by atoms with Gasteiger partial charge in [0.05, 0.1) is 0 Å². The monoisotopic (exact) mass is 287 g/mol. The van der Waals surface area contributed by atoms with Crippen LogP contribution in [0.15, 0.2) is 67.0 Å². The number of fused-ring (bicyclic) bond motifs is 1. The average Bonchev–Trinajstić information content (AvgIpc) is 3.01. The van der Waals surface area contributed by atoms with Crippen LogP contribution in [0.25, 0.3) is 28.2 Å². The first kappa shape index (κ1) is 12.5. The van der Waals surface area contributed by atoms with Crippen LogP contribution < -0.4 is 5.73 Å². The standard InChI is InChI=1S/C17H13N5/c18-15-10-14(12-6-8-19-9-7-12)11-16-20-17(21-22(15)16)13-4-2-1-3-5-13/h1-11H,18H2. The summed E-state index contributed by atoms with van der Waals surface area (Å²) in [5.74, 6) is 1.22. The van der Waals surface area contributed by atoms with Gasteiger partial charge in [-0.1, -0.05) is 30.3 Å². The quantitative estimate of drug-likeness (QED) is 0.615. The molecule has 1 aromatic carbocycles. The summed E-state index contributed by atoms with van der Waals surface area (Å²) < 4.78 is 1.66. The van der Waals surface area contributed by atoms with E-state index in [1.54, 1.807) is 16.9 Å². The zero-order chi connectivity index (χ0) is 14.9. The minimum atomic E-state index is 0.555. The highest BCUT2D eigenvalue weighted by molar-refractivity contribution is 5.71. The van der Waals surface area contributed by atoms with E-state index in [9.17, 15) is 0 Å². The molecule has 0 amide bonds. The number of anilines is 1. The lowest BCUT2D eigenvalue weighted by atomic mass is 10.1. The minimum absolute atomic E-state index is 0.555. The molecule has 0 aliphatic rings. The van der Waals surface area contributed by atoms with Crippen molar-refractivity contribution in [3.63, 3.8) is 0 Å². The van der Waals surface area contributed by atoms with Gasteiger partial charge in [0, 0.05) is 18.0 Å². The summed E-state index contributed by atoms with van der Waals surface area (Å²) >= 11 is 0. The Bertz CT molecular complexity index is 929. The Morgan fingerprint density at radius 3 is 2.36 bits per heavy atom. The summed E-state index contributed by atoms with van der Waals surface area (Å²) in [7, 11) is 0. The molecule has 5 nitrogen and oxygen atoms in total. The molecule has 0 unspecified atom stereocenters. The van der Waals surface area contributed by atoms with Gasteiger partial charge in [-0.3, -0.25) is 4.98 Å². The number of aromatic nitrogens is 4. The molecule has 3 heterocycles. The number of nitrogens with two attached hydrogens (primary N) is 1. The van der Waals surface area contributed by atoms with Crippen molar-refractivity contribution in [2.45, 2.75) is 0 Å². The molecule has 0 spiro atoms. The van der Waals surface area contributed by atoms with E-state index in [2.05, 4.69) is 15.1 Å². The molecule has 22 heavy (non-hydrogen) atoms. The fraction of sp³-hybridized carbons (Fsp3) is 0. The van der Waals surface area contributed by atoms with Crippen LogP contribution in [0.3, 0.4) is 0 Å². The van der Waals surface area contributed by atoms with Gasteiger partial charge in [0.25, 0.3) is 0 Å². The molecular formula is C17H13N5. The van der Waals surface area contributed by atoms with Gasteiger partial charge in [0.2, 0.25) is 0 Å². The smallest absolute Gasteiger partial charge is 0.182 e. The van der Waals surface area contributed by atoms with Gasteiger partial charge in [-0.25, -0.2) is 4.98 Å². The molecule has 0 aliphatic heterocycles. The van der Waals surface area contributed by atoms with Crippen molar-refractivity contribution in [1.82, 2.24) is 19.6 Å². The third-order valence-corrected chi connectivity index (χ3v) is 3.51. The number of rotatable bonds is 2. The topological polar surface area (TPSA) is 69.1 Å². The number of hydrogen-bond acceptors (Lipinski definition) is 4. The largest absolute Gasteiger partial charge is 0.384 e. The Balaban J connectivity index is 1.88. The van der Waals surface area contributed by atoms with E-state index in [0.29, 0.717) is 11.6 Å². The Kier molecular flexibility index (Phi) is 2.83. The maximum Gasteiger partial charge on any atom is 0.182 e. The van der Waals surface area contributed by atoms with Crippen molar-refractivity contribution in [3.8, 4) is 22.5 Å². The van der Waals surface area contributed by atoms with Gasteiger partial charge in [-0.15, -0.1) is 5.10 Å². The van der Waals surface area contributed by atoms with Crippen LogP contribution in [0.4, 0.5) is 5.82 Å². The zero-order valence-corrected chi connectivity index (χ0v) is 11.7. The van der Waals surface area contributed by atoms with Crippen LogP contribution in [0, 0.1) is 0 Å². The molecule has 0 saturated heterocycles. The molecule has 3 aromatic heterocycles. The second-order valence-electron chi connectivity index (χ2n) is 4.98. The van der Waals surface area contributed by atoms with Gasteiger partial charge in [-0.2, -0.15) is 4.52 Å². The van der Waals surface area contributed by atoms with Crippen LogP contribution in [-0.4, -0.2) is 19.6 Å². The summed E-state index contributed by atoms with van der Waals surface area (Å²) in [5, 5.41) is 4.49. The number of nitrogens with zero attached hydrogens (tertiary/aromatic N) is 4. The highest BCUT2D eigenvalue weighted by atomic mass is 15.3. The van der Waals surface area contributed by atoms with Gasteiger partial charge in [0.15, 0.2) is 11.5 Å². The van der Waals surface area contributed by atoms with E-state index in [0.717, 1.165) is 22.3 Å². The molecular weight excluding hydrogens is 274 g/mol. The van der Waals surface area contributed by atoms with Crippen molar-refractivity contribution in [2.24, 2.45) is 0 Å². The van der Waals surface area contributed by atoms with Gasteiger partial charge in [-0.05, 0) is 35.4 Å².